The van der Waals surface area contributed by atoms with Crippen LogP contribution in [0.4, 0.5) is 0 Å². The molecule has 0 aromatic carbocycles. The van der Waals surface area contributed by atoms with Crippen molar-refractivity contribution in [2.75, 3.05) is 19.6 Å². The highest BCUT2D eigenvalue weighted by atomic mass is 35.5. The fraction of sp³-hybridized carbons (Fsp3) is 1.00. The Bertz CT molecular complexity index is 105. The average Bonchev–Trinajstić information content (AvgIpc) is 2.30. The third-order valence-corrected chi connectivity index (χ3v) is 2.90. The molecule has 1 rings (SSSR count). The van der Waals surface area contributed by atoms with Gasteiger partial charge in [-0.2, -0.15) is 0 Å². The Morgan fingerprint density at radius 2 is 2.10 bits per heavy atom. The second kappa shape index (κ2) is 3.59. The first-order chi connectivity index (χ1) is 4.77. The van der Waals surface area contributed by atoms with Crippen molar-refractivity contribution in [3.05, 3.63) is 0 Å². The molecule has 1 aliphatic heterocycles. The number of hydrogen-bond donors (Lipinski definition) is 0. The lowest BCUT2D eigenvalue weighted by Crippen LogP contribution is -2.19. The van der Waals surface area contributed by atoms with E-state index in [0.29, 0.717) is 5.38 Å². The average molecular weight is 162 g/mol. The number of alkyl halides is 1. The maximum Gasteiger partial charge on any atom is 0.0503 e. The lowest BCUT2D eigenvalue weighted by Gasteiger charge is -2.10. The van der Waals surface area contributed by atoms with Crippen molar-refractivity contribution < 1.29 is 0 Å². The summed E-state index contributed by atoms with van der Waals surface area (Å²) in [6.07, 6.45) is 1.23. The van der Waals surface area contributed by atoms with Crippen LogP contribution >= 0.6 is 11.6 Å². The summed E-state index contributed by atoms with van der Waals surface area (Å²) < 4.78 is 0. The van der Waals surface area contributed by atoms with Gasteiger partial charge in [-0.15, -0.1) is 11.6 Å². The third kappa shape index (κ3) is 1.64. The van der Waals surface area contributed by atoms with Crippen LogP contribution in [-0.4, -0.2) is 29.9 Å². The van der Waals surface area contributed by atoms with Crippen molar-refractivity contribution in [1.82, 2.24) is 4.90 Å². The van der Waals surface area contributed by atoms with Crippen LogP contribution in [0.1, 0.15) is 20.3 Å². The molecule has 0 aromatic rings. The van der Waals surface area contributed by atoms with Gasteiger partial charge in [0.05, 0.1) is 5.38 Å². The molecule has 0 saturated carbocycles. The summed E-state index contributed by atoms with van der Waals surface area (Å²) in [5.41, 5.74) is 0. The molecule has 0 bridgehead atoms. The van der Waals surface area contributed by atoms with Crippen LogP contribution in [0, 0.1) is 5.92 Å². The Kier molecular flexibility index (Phi) is 2.99. The van der Waals surface area contributed by atoms with Gasteiger partial charge in [-0.25, -0.2) is 0 Å². The van der Waals surface area contributed by atoms with Crippen LogP contribution in [0.5, 0.6) is 0 Å². The number of hydrogen-bond acceptors (Lipinski definition) is 1. The SMILES string of the molecule is CCC1CN(CC)CC1Cl. The smallest absolute Gasteiger partial charge is 0.0503 e. The molecular weight excluding hydrogens is 146 g/mol. The van der Waals surface area contributed by atoms with Crippen molar-refractivity contribution in [3.63, 3.8) is 0 Å². The second-order valence-electron chi connectivity index (χ2n) is 3.04. The molecule has 0 N–H and O–H groups in total. The Morgan fingerprint density at radius 1 is 1.40 bits per heavy atom. The largest absolute Gasteiger partial charge is 0.302 e. The van der Waals surface area contributed by atoms with Gasteiger partial charge in [0, 0.05) is 13.1 Å². The van der Waals surface area contributed by atoms with Gasteiger partial charge < -0.3 is 4.90 Å². The van der Waals surface area contributed by atoms with Crippen molar-refractivity contribution in [2.45, 2.75) is 25.6 Å². The van der Waals surface area contributed by atoms with Crippen molar-refractivity contribution in [2.24, 2.45) is 5.92 Å². The van der Waals surface area contributed by atoms with Crippen LogP contribution in [0.2, 0.25) is 0 Å². The quantitative estimate of drug-likeness (QED) is 0.560. The summed E-state index contributed by atoms with van der Waals surface area (Å²) in [6, 6.07) is 0. The number of likely N-dealkylation sites (tertiary alicyclic amines) is 1. The Labute approximate surface area is 68.4 Å². The predicted octanol–water partition coefficient (Wildman–Crippen LogP) is 1.96. The molecule has 60 valence electrons. The minimum Gasteiger partial charge on any atom is -0.302 e. The molecule has 2 atom stereocenters. The summed E-state index contributed by atoms with van der Waals surface area (Å²) in [4.78, 5) is 2.42. The normalized spacial score (nSPS) is 35.1. The van der Waals surface area contributed by atoms with Gasteiger partial charge in [0.15, 0.2) is 0 Å². The second-order valence-corrected chi connectivity index (χ2v) is 3.60. The molecule has 2 heteroatoms. The Balaban J connectivity index is 2.36. The summed E-state index contributed by atoms with van der Waals surface area (Å²) in [5, 5.41) is 0.407. The fourth-order valence-electron chi connectivity index (χ4n) is 1.56. The maximum atomic E-state index is 6.11. The lowest BCUT2D eigenvalue weighted by molar-refractivity contribution is 0.340. The van der Waals surface area contributed by atoms with Gasteiger partial charge in [0.25, 0.3) is 0 Å². The number of halogens is 1. The zero-order chi connectivity index (χ0) is 7.56. The molecule has 1 aliphatic rings. The van der Waals surface area contributed by atoms with E-state index in [2.05, 4.69) is 18.7 Å². The van der Waals surface area contributed by atoms with E-state index < -0.39 is 0 Å². The standard InChI is InChI=1S/C8H16ClN/c1-3-7-5-10(4-2)6-8(7)9/h7-8H,3-6H2,1-2H3. The zero-order valence-electron chi connectivity index (χ0n) is 6.81. The first-order valence-electron chi connectivity index (χ1n) is 4.14. The molecule has 1 fully saturated rings. The van der Waals surface area contributed by atoms with Gasteiger partial charge in [0.1, 0.15) is 0 Å². The molecule has 0 amide bonds. The topological polar surface area (TPSA) is 3.24 Å². The Hall–Kier alpha value is 0.250. The molecule has 0 aromatic heterocycles. The summed E-state index contributed by atoms with van der Waals surface area (Å²) in [7, 11) is 0. The highest BCUT2D eigenvalue weighted by molar-refractivity contribution is 6.21. The highest BCUT2D eigenvalue weighted by Crippen LogP contribution is 2.23. The summed E-state index contributed by atoms with van der Waals surface area (Å²) in [6.45, 7) is 7.87. The highest BCUT2D eigenvalue weighted by Gasteiger charge is 2.28. The van der Waals surface area contributed by atoms with Crippen LogP contribution in [0.3, 0.4) is 0 Å². The van der Waals surface area contributed by atoms with Crippen LogP contribution in [0.25, 0.3) is 0 Å². The monoisotopic (exact) mass is 161 g/mol. The molecule has 2 unspecified atom stereocenters. The lowest BCUT2D eigenvalue weighted by atomic mass is 10.1. The van der Waals surface area contributed by atoms with Gasteiger partial charge in [0.2, 0.25) is 0 Å². The summed E-state index contributed by atoms with van der Waals surface area (Å²) >= 11 is 6.11. The van der Waals surface area contributed by atoms with E-state index in [1.807, 2.05) is 0 Å². The van der Waals surface area contributed by atoms with Crippen molar-refractivity contribution in [3.8, 4) is 0 Å². The van der Waals surface area contributed by atoms with Crippen molar-refractivity contribution in [1.29, 1.82) is 0 Å². The molecule has 1 saturated heterocycles. The molecule has 1 nitrogen and oxygen atoms in total. The molecule has 1 heterocycles. The van der Waals surface area contributed by atoms with E-state index in [1.54, 1.807) is 0 Å². The van der Waals surface area contributed by atoms with Gasteiger partial charge in [-0.3, -0.25) is 0 Å². The first kappa shape index (κ1) is 8.35. The predicted molar refractivity (Wildman–Crippen MR) is 45.5 cm³/mol. The maximum absolute atomic E-state index is 6.11. The van der Waals surface area contributed by atoms with E-state index in [9.17, 15) is 0 Å². The molecule has 0 radical (unpaired) electrons. The molecule has 0 spiro atoms. The Morgan fingerprint density at radius 3 is 2.40 bits per heavy atom. The van der Waals surface area contributed by atoms with E-state index in [0.717, 1.165) is 19.0 Å². The van der Waals surface area contributed by atoms with Crippen LogP contribution in [0.15, 0.2) is 0 Å². The molecule has 10 heavy (non-hydrogen) atoms. The number of rotatable bonds is 2. The minimum absolute atomic E-state index is 0.407. The molecular formula is C8H16ClN. The minimum atomic E-state index is 0.407. The van der Waals surface area contributed by atoms with Gasteiger partial charge in [-0.05, 0) is 12.5 Å². The zero-order valence-corrected chi connectivity index (χ0v) is 7.56. The van der Waals surface area contributed by atoms with E-state index >= 15 is 0 Å². The van der Waals surface area contributed by atoms with E-state index in [4.69, 9.17) is 11.6 Å². The van der Waals surface area contributed by atoms with Crippen LogP contribution < -0.4 is 0 Å². The van der Waals surface area contributed by atoms with Crippen molar-refractivity contribution >= 4 is 11.6 Å². The van der Waals surface area contributed by atoms with E-state index in [-0.39, 0.29) is 0 Å². The van der Waals surface area contributed by atoms with E-state index in [1.165, 1.54) is 13.0 Å². The molecule has 0 aliphatic carbocycles. The third-order valence-electron chi connectivity index (χ3n) is 2.41. The van der Waals surface area contributed by atoms with Crippen LogP contribution in [-0.2, 0) is 0 Å². The summed E-state index contributed by atoms with van der Waals surface area (Å²) in [5.74, 6) is 0.738. The van der Waals surface area contributed by atoms with Gasteiger partial charge in [-0.1, -0.05) is 20.3 Å². The fourth-order valence-corrected chi connectivity index (χ4v) is 2.01. The van der Waals surface area contributed by atoms with Gasteiger partial charge >= 0.3 is 0 Å². The number of nitrogens with zero attached hydrogens (tertiary/aromatic N) is 1. The first-order valence-corrected chi connectivity index (χ1v) is 4.58.